The number of benzene rings is 1. The second-order valence-corrected chi connectivity index (χ2v) is 1.84. The molecule has 1 heteroatoms. The minimum Gasteiger partial charge on any atom is -0.0622 e. The monoisotopic (exact) mass is 158 g/mol. The van der Waals surface area contributed by atoms with Crippen LogP contribution in [0.15, 0.2) is 30.3 Å². The molecule has 0 bridgehead atoms. The Bertz CT molecular complexity index is 146. The predicted octanol–water partition coefficient (Wildman–Crippen LogP) is 2.25. The Balaban J connectivity index is 0.000000640. The fraction of sp³-hybridized carbons (Fsp3) is 0.250. The summed E-state index contributed by atoms with van der Waals surface area (Å²) < 4.78 is 0. The quantitative estimate of drug-likeness (QED) is 0.588. The van der Waals surface area contributed by atoms with Crippen LogP contribution in [0.1, 0.15) is 12.5 Å². The zero-order chi connectivity index (χ0) is 5.82. The topological polar surface area (TPSA) is 0 Å². The van der Waals surface area contributed by atoms with E-state index in [4.69, 9.17) is 0 Å². The van der Waals surface area contributed by atoms with Gasteiger partial charge in [0.1, 0.15) is 0 Å². The molecular weight excluding hydrogens is 148 g/mol. The zero-order valence-electron chi connectivity index (χ0n) is 5.50. The van der Waals surface area contributed by atoms with Gasteiger partial charge in [-0.3, -0.25) is 0 Å². The number of hydrogen-bond acceptors (Lipinski definition) is 0. The molecule has 1 aromatic rings. The van der Waals surface area contributed by atoms with E-state index in [1.807, 2.05) is 6.07 Å². The van der Waals surface area contributed by atoms with Crippen LogP contribution >= 0.6 is 0 Å². The summed E-state index contributed by atoms with van der Waals surface area (Å²) in [5.41, 5.74) is 1.41. The molecule has 0 atom stereocenters. The van der Waals surface area contributed by atoms with Gasteiger partial charge in [-0.2, -0.15) is 0 Å². The molecule has 0 N–H and O–H groups in total. The molecule has 0 saturated carbocycles. The van der Waals surface area contributed by atoms with Gasteiger partial charge in [0, 0.05) is 17.4 Å². The summed E-state index contributed by atoms with van der Waals surface area (Å²) in [4.78, 5) is 0. The molecule has 0 fully saturated rings. The van der Waals surface area contributed by atoms with Crippen molar-refractivity contribution >= 4 is 0 Å². The fourth-order valence-corrected chi connectivity index (χ4v) is 0.714. The molecular formula is C8H10Cr. The second kappa shape index (κ2) is 4.61. The van der Waals surface area contributed by atoms with Crippen LogP contribution < -0.4 is 0 Å². The van der Waals surface area contributed by atoms with Crippen LogP contribution in [0, 0.1) is 0 Å². The Hall–Kier alpha value is -0.248. The molecule has 0 radical (unpaired) electrons. The van der Waals surface area contributed by atoms with E-state index in [1.165, 1.54) is 5.56 Å². The third-order valence-corrected chi connectivity index (χ3v) is 1.25. The molecule has 0 aliphatic carbocycles. The van der Waals surface area contributed by atoms with Gasteiger partial charge >= 0.3 is 0 Å². The van der Waals surface area contributed by atoms with Crippen molar-refractivity contribution in [2.45, 2.75) is 13.3 Å². The van der Waals surface area contributed by atoms with Gasteiger partial charge in [-0.15, -0.1) is 0 Å². The molecule has 0 saturated heterocycles. The van der Waals surface area contributed by atoms with E-state index in [2.05, 4.69) is 31.2 Å². The standard InChI is InChI=1S/C8H10.Cr/c1-2-8-6-4-3-5-7-8;/h3-7H,2H2,1H3;. The van der Waals surface area contributed by atoms with Crippen molar-refractivity contribution in [1.82, 2.24) is 0 Å². The Kier molecular flexibility index (Phi) is 4.49. The Morgan fingerprint density at radius 2 is 1.67 bits per heavy atom. The molecule has 0 nitrogen and oxygen atoms in total. The maximum absolute atomic E-state index is 2.16. The molecule has 0 spiro atoms. The van der Waals surface area contributed by atoms with Crippen molar-refractivity contribution in [3.8, 4) is 0 Å². The van der Waals surface area contributed by atoms with Crippen LogP contribution in [0.4, 0.5) is 0 Å². The molecule has 0 amide bonds. The van der Waals surface area contributed by atoms with Crippen LogP contribution in [0.3, 0.4) is 0 Å². The minimum absolute atomic E-state index is 0. The van der Waals surface area contributed by atoms with Crippen LogP contribution in [-0.4, -0.2) is 0 Å². The number of hydrogen-bond donors (Lipinski definition) is 0. The Morgan fingerprint density at radius 3 is 2.00 bits per heavy atom. The molecule has 0 aliphatic rings. The van der Waals surface area contributed by atoms with E-state index < -0.39 is 0 Å². The SMILES string of the molecule is CCc1ccccc1.[Cr]. The van der Waals surface area contributed by atoms with Gasteiger partial charge in [0.05, 0.1) is 0 Å². The van der Waals surface area contributed by atoms with Crippen molar-refractivity contribution < 1.29 is 17.4 Å². The first-order chi connectivity index (χ1) is 3.93. The maximum atomic E-state index is 2.16. The summed E-state index contributed by atoms with van der Waals surface area (Å²) in [5, 5.41) is 0. The summed E-state index contributed by atoms with van der Waals surface area (Å²) in [6.45, 7) is 2.16. The third-order valence-electron chi connectivity index (χ3n) is 1.25. The normalized spacial score (nSPS) is 8.11. The van der Waals surface area contributed by atoms with Crippen molar-refractivity contribution in [1.29, 1.82) is 0 Å². The Labute approximate surface area is 67.0 Å². The van der Waals surface area contributed by atoms with E-state index in [0.29, 0.717) is 0 Å². The first kappa shape index (κ1) is 8.75. The second-order valence-electron chi connectivity index (χ2n) is 1.84. The minimum atomic E-state index is 0. The molecule has 0 aromatic heterocycles. The van der Waals surface area contributed by atoms with E-state index >= 15 is 0 Å². The predicted molar refractivity (Wildman–Crippen MR) is 35.8 cm³/mol. The number of rotatable bonds is 1. The molecule has 0 heterocycles. The van der Waals surface area contributed by atoms with Crippen molar-refractivity contribution in [3.63, 3.8) is 0 Å². The first-order valence-corrected chi connectivity index (χ1v) is 2.97. The van der Waals surface area contributed by atoms with Crippen molar-refractivity contribution in [2.75, 3.05) is 0 Å². The molecule has 1 rings (SSSR count). The van der Waals surface area contributed by atoms with Gasteiger partial charge in [0.15, 0.2) is 0 Å². The van der Waals surface area contributed by atoms with E-state index in [-0.39, 0.29) is 17.4 Å². The molecule has 1 aromatic carbocycles. The van der Waals surface area contributed by atoms with Crippen LogP contribution in [-0.2, 0) is 23.8 Å². The van der Waals surface area contributed by atoms with Gasteiger partial charge in [0.2, 0.25) is 0 Å². The van der Waals surface area contributed by atoms with Gasteiger partial charge in [-0.05, 0) is 12.0 Å². The Morgan fingerprint density at radius 1 is 1.11 bits per heavy atom. The summed E-state index contributed by atoms with van der Waals surface area (Å²) in [6, 6.07) is 10.5. The molecule has 0 unspecified atom stereocenters. The molecule has 0 aliphatic heterocycles. The average Bonchev–Trinajstić information content (AvgIpc) is 1.90. The van der Waals surface area contributed by atoms with Crippen molar-refractivity contribution in [2.24, 2.45) is 0 Å². The van der Waals surface area contributed by atoms with Crippen LogP contribution in [0.2, 0.25) is 0 Å². The summed E-state index contributed by atoms with van der Waals surface area (Å²) in [7, 11) is 0. The van der Waals surface area contributed by atoms with Crippen molar-refractivity contribution in [3.05, 3.63) is 35.9 Å². The van der Waals surface area contributed by atoms with Crippen LogP contribution in [0.5, 0.6) is 0 Å². The fourth-order valence-electron chi connectivity index (χ4n) is 0.714. The molecule has 9 heavy (non-hydrogen) atoms. The first-order valence-electron chi connectivity index (χ1n) is 2.97. The van der Waals surface area contributed by atoms with Crippen LogP contribution in [0.25, 0.3) is 0 Å². The summed E-state index contributed by atoms with van der Waals surface area (Å²) in [6.07, 6.45) is 1.14. The smallest absolute Gasteiger partial charge is 0 e. The number of aryl methyl sites for hydroxylation is 1. The van der Waals surface area contributed by atoms with Gasteiger partial charge < -0.3 is 0 Å². The van der Waals surface area contributed by atoms with E-state index in [1.54, 1.807) is 0 Å². The molecule has 48 valence electrons. The largest absolute Gasteiger partial charge is 0.0622 e. The average molecular weight is 158 g/mol. The summed E-state index contributed by atoms with van der Waals surface area (Å²) >= 11 is 0. The van der Waals surface area contributed by atoms with E-state index in [9.17, 15) is 0 Å². The van der Waals surface area contributed by atoms with Gasteiger partial charge in [-0.25, -0.2) is 0 Å². The zero-order valence-corrected chi connectivity index (χ0v) is 6.78. The van der Waals surface area contributed by atoms with E-state index in [0.717, 1.165) is 6.42 Å². The summed E-state index contributed by atoms with van der Waals surface area (Å²) in [5.74, 6) is 0. The maximum Gasteiger partial charge on any atom is 0 e. The van der Waals surface area contributed by atoms with Gasteiger partial charge in [0.25, 0.3) is 0 Å². The van der Waals surface area contributed by atoms with Gasteiger partial charge in [-0.1, -0.05) is 37.3 Å². The third kappa shape index (κ3) is 2.70.